The van der Waals surface area contributed by atoms with Gasteiger partial charge in [0.25, 0.3) is 0 Å². The summed E-state index contributed by atoms with van der Waals surface area (Å²) in [5, 5.41) is 2.05. The van der Waals surface area contributed by atoms with Gasteiger partial charge in [0.1, 0.15) is 5.60 Å². The molecule has 0 spiro atoms. The van der Waals surface area contributed by atoms with E-state index in [-0.39, 0.29) is 12.2 Å². The predicted octanol–water partition coefficient (Wildman–Crippen LogP) is 4.94. The quantitative estimate of drug-likeness (QED) is 0.756. The molecule has 0 aliphatic carbocycles. The molecule has 1 fully saturated rings. The number of rotatable bonds is 2. The van der Waals surface area contributed by atoms with Gasteiger partial charge in [0.05, 0.1) is 16.5 Å². The average molecular weight is 407 g/mol. The SMILES string of the molecule is CC(C)(C)OC(=O)N1CCCC(C(=O)Nc2ccc(Cl)c(C(F)(F)F)c2)C1. The molecule has 1 saturated heterocycles. The second kappa shape index (κ2) is 7.96. The van der Waals surface area contributed by atoms with Crippen LogP contribution in [0, 0.1) is 5.92 Å². The minimum atomic E-state index is -4.61. The van der Waals surface area contributed by atoms with Gasteiger partial charge in [0, 0.05) is 18.8 Å². The molecule has 2 amide bonds. The van der Waals surface area contributed by atoms with Gasteiger partial charge >= 0.3 is 12.3 Å². The number of nitrogens with one attached hydrogen (secondary N) is 1. The molecule has 0 saturated carbocycles. The van der Waals surface area contributed by atoms with Gasteiger partial charge in [-0.05, 0) is 51.8 Å². The third kappa shape index (κ3) is 6.02. The Morgan fingerprint density at radius 1 is 1.26 bits per heavy atom. The van der Waals surface area contributed by atoms with Gasteiger partial charge in [-0.25, -0.2) is 4.79 Å². The molecule has 1 heterocycles. The highest BCUT2D eigenvalue weighted by atomic mass is 35.5. The fourth-order valence-electron chi connectivity index (χ4n) is 2.75. The summed E-state index contributed by atoms with van der Waals surface area (Å²) < 4.78 is 44.1. The summed E-state index contributed by atoms with van der Waals surface area (Å²) in [7, 11) is 0. The number of piperidine rings is 1. The zero-order chi connectivity index (χ0) is 20.4. The fourth-order valence-corrected chi connectivity index (χ4v) is 2.97. The topological polar surface area (TPSA) is 58.6 Å². The van der Waals surface area contributed by atoms with Gasteiger partial charge in [-0.15, -0.1) is 0 Å². The molecule has 1 aliphatic heterocycles. The van der Waals surface area contributed by atoms with Crippen LogP contribution >= 0.6 is 11.6 Å². The number of carbonyl (C=O) groups excluding carboxylic acids is 2. The van der Waals surface area contributed by atoms with Gasteiger partial charge in [0.2, 0.25) is 5.91 Å². The Morgan fingerprint density at radius 2 is 1.93 bits per heavy atom. The van der Waals surface area contributed by atoms with Crippen molar-refractivity contribution in [2.45, 2.75) is 45.4 Å². The van der Waals surface area contributed by atoms with Crippen molar-refractivity contribution in [3.63, 3.8) is 0 Å². The molecule has 1 atom stereocenters. The van der Waals surface area contributed by atoms with E-state index in [0.29, 0.717) is 19.4 Å². The number of anilines is 1. The van der Waals surface area contributed by atoms with E-state index >= 15 is 0 Å². The monoisotopic (exact) mass is 406 g/mol. The Hall–Kier alpha value is -1.96. The molecule has 0 aromatic heterocycles. The van der Waals surface area contributed by atoms with Crippen molar-refractivity contribution in [2.75, 3.05) is 18.4 Å². The minimum absolute atomic E-state index is 0.00566. The van der Waals surface area contributed by atoms with Crippen LogP contribution in [0.25, 0.3) is 0 Å². The number of hydrogen-bond donors (Lipinski definition) is 1. The lowest BCUT2D eigenvalue weighted by atomic mass is 9.97. The standard InChI is InChI=1S/C18H22ClF3N2O3/c1-17(2,3)27-16(26)24-8-4-5-11(10-24)15(25)23-12-6-7-14(19)13(9-12)18(20,21)22/h6-7,9,11H,4-5,8,10H2,1-3H3,(H,23,25). The summed E-state index contributed by atoms with van der Waals surface area (Å²) in [6.07, 6.45) is -3.99. The number of halogens is 4. The molecule has 0 bridgehead atoms. The first kappa shape index (κ1) is 21.3. The summed E-state index contributed by atoms with van der Waals surface area (Å²) >= 11 is 5.58. The number of alkyl halides is 3. The van der Waals surface area contributed by atoms with Crippen LogP contribution < -0.4 is 5.32 Å². The number of benzene rings is 1. The molecule has 150 valence electrons. The predicted molar refractivity (Wildman–Crippen MR) is 95.6 cm³/mol. The molecule has 1 aliphatic rings. The minimum Gasteiger partial charge on any atom is -0.444 e. The summed E-state index contributed by atoms with van der Waals surface area (Å²) in [5.74, 6) is -0.977. The summed E-state index contributed by atoms with van der Waals surface area (Å²) in [4.78, 5) is 26.1. The molecular weight excluding hydrogens is 385 g/mol. The second-order valence-electron chi connectivity index (χ2n) is 7.45. The number of ether oxygens (including phenoxy) is 1. The Bertz CT molecular complexity index is 717. The van der Waals surface area contributed by atoms with E-state index in [1.807, 2.05) is 0 Å². The van der Waals surface area contributed by atoms with E-state index in [9.17, 15) is 22.8 Å². The Kier molecular flexibility index (Phi) is 6.29. The van der Waals surface area contributed by atoms with E-state index in [0.717, 1.165) is 12.1 Å². The van der Waals surface area contributed by atoms with Crippen LogP contribution in [0.2, 0.25) is 5.02 Å². The van der Waals surface area contributed by atoms with Crippen LogP contribution in [0.5, 0.6) is 0 Å². The van der Waals surface area contributed by atoms with Crippen LogP contribution in [0.15, 0.2) is 18.2 Å². The normalized spacial score (nSPS) is 18.2. The van der Waals surface area contributed by atoms with Gasteiger partial charge in [0.15, 0.2) is 0 Å². The van der Waals surface area contributed by atoms with Crippen molar-refractivity contribution in [2.24, 2.45) is 5.92 Å². The maximum atomic E-state index is 12.9. The van der Waals surface area contributed by atoms with Crippen molar-refractivity contribution in [1.29, 1.82) is 0 Å². The number of likely N-dealkylation sites (tertiary alicyclic amines) is 1. The first-order chi connectivity index (χ1) is 12.4. The summed E-state index contributed by atoms with van der Waals surface area (Å²) in [6, 6.07) is 3.20. The highest BCUT2D eigenvalue weighted by Gasteiger charge is 2.34. The molecule has 1 N–H and O–H groups in total. The van der Waals surface area contributed by atoms with Crippen molar-refractivity contribution in [1.82, 2.24) is 4.90 Å². The Labute approximate surface area is 160 Å². The number of hydrogen-bond acceptors (Lipinski definition) is 3. The van der Waals surface area contributed by atoms with E-state index in [1.54, 1.807) is 20.8 Å². The molecule has 1 aromatic carbocycles. The van der Waals surface area contributed by atoms with Crippen LogP contribution in [0.1, 0.15) is 39.2 Å². The number of amides is 2. The molecule has 0 radical (unpaired) electrons. The molecule has 9 heteroatoms. The molecule has 1 aromatic rings. The first-order valence-corrected chi connectivity index (χ1v) is 8.90. The summed E-state index contributed by atoms with van der Waals surface area (Å²) in [6.45, 7) is 5.87. The van der Waals surface area contributed by atoms with Crippen LogP contribution in [0.3, 0.4) is 0 Å². The van der Waals surface area contributed by atoms with Crippen molar-refractivity contribution >= 4 is 29.3 Å². The second-order valence-corrected chi connectivity index (χ2v) is 7.85. The molecule has 27 heavy (non-hydrogen) atoms. The molecule has 1 unspecified atom stereocenters. The summed E-state index contributed by atoms with van der Waals surface area (Å²) in [5.41, 5.74) is -1.66. The lowest BCUT2D eigenvalue weighted by molar-refractivity contribution is -0.137. The van der Waals surface area contributed by atoms with E-state index in [4.69, 9.17) is 16.3 Å². The fraction of sp³-hybridized carbons (Fsp3) is 0.556. The van der Waals surface area contributed by atoms with Gasteiger partial charge in [-0.3, -0.25) is 4.79 Å². The van der Waals surface area contributed by atoms with Crippen LogP contribution in [0.4, 0.5) is 23.7 Å². The molecule has 2 rings (SSSR count). The maximum absolute atomic E-state index is 12.9. The Balaban J connectivity index is 2.05. The third-order valence-corrected chi connectivity index (χ3v) is 4.31. The molecule has 5 nitrogen and oxygen atoms in total. The van der Waals surface area contributed by atoms with Gasteiger partial charge in [-0.2, -0.15) is 13.2 Å². The third-order valence-electron chi connectivity index (χ3n) is 3.98. The van der Waals surface area contributed by atoms with Gasteiger partial charge in [-0.1, -0.05) is 11.6 Å². The van der Waals surface area contributed by atoms with Crippen molar-refractivity contribution in [3.8, 4) is 0 Å². The van der Waals surface area contributed by atoms with E-state index < -0.39 is 40.3 Å². The van der Waals surface area contributed by atoms with Crippen LogP contribution in [-0.2, 0) is 15.7 Å². The highest BCUT2D eigenvalue weighted by Crippen LogP contribution is 2.36. The highest BCUT2D eigenvalue weighted by molar-refractivity contribution is 6.31. The van der Waals surface area contributed by atoms with Crippen molar-refractivity contribution < 1.29 is 27.5 Å². The largest absolute Gasteiger partial charge is 0.444 e. The number of nitrogens with zero attached hydrogens (tertiary/aromatic N) is 1. The van der Waals surface area contributed by atoms with Gasteiger partial charge < -0.3 is 15.0 Å². The Morgan fingerprint density at radius 3 is 2.52 bits per heavy atom. The lowest BCUT2D eigenvalue weighted by Gasteiger charge is -2.33. The maximum Gasteiger partial charge on any atom is 0.417 e. The van der Waals surface area contributed by atoms with Crippen LogP contribution in [-0.4, -0.2) is 35.6 Å². The zero-order valence-corrected chi connectivity index (χ0v) is 16.1. The van der Waals surface area contributed by atoms with E-state index in [1.165, 1.54) is 11.0 Å². The van der Waals surface area contributed by atoms with Crippen molar-refractivity contribution in [3.05, 3.63) is 28.8 Å². The number of carbonyl (C=O) groups is 2. The average Bonchev–Trinajstić information content (AvgIpc) is 2.54. The van der Waals surface area contributed by atoms with E-state index in [2.05, 4.69) is 5.32 Å². The smallest absolute Gasteiger partial charge is 0.417 e. The lowest BCUT2D eigenvalue weighted by Crippen LogP contribution is -2.45. The first-order valence-electron chi connectivity index (χ1n) is 8.52. The molecular formula is C18H22ClF3N2O3. The zero-order valence-electron chi connectivity index (χ0n) is 15.3.